The SMILES string of the molecule is C[C@]12CCCCC1CCC1C3CCC4[C@@H](CCC(C=O)CO)CC34CCC12. The van der Waals surface area contributed by atoms with Crippen molar-refractivity contribution in [2.24, 2.45) is 52.3 Å². The summed E-state index contributed by atoms with van der Waals surface area (Å²) in [6.07, 6.45) is 19.6. The van der Waals surface area contributed by atoms with Gasteiger partial charge in [-0.2, -0.15) is 0 Å². The van der Waals surface area contributed by atoms with Crippen molar-refractivity contribution in [1.82, 2.24) is 0 Å². The second-order valence-electron chi connectivity index (χ2n) is 11.5. The van der Waals surface area contributed by atoms with Crippen LogP contribution in [0.3, 0.4) is 0 Å². The molecule has 0 aromatic rings. The third-order valence-electron chi connectivity index (χ3n) is 10.9. The van der Waals surface area contributed by atoms with Gasteiger partial charge in [0, 0.05) is 5.92 Å². The molecule has 2 nitrogen and oxygen atoms in total. The fraction of sp³-hybridized carbons (Fsp3) is 0.960. The minimum absolute atomic E-state index is 0.0398. The Balaban J connectivity index is 1.28. The average molecular weight is 373 g/mol. The van der Waals surface area contributed by atoms with Crippen LogP contribution in [0.4, 0.5) is 0 Å². The molecule has 5 aliphatic rings. The number of rotatable bonds is 5. The second-order valence-corrected chi connectivity index (χ2v) is 11.5. The first-order chi connectivity index (χ1) is 13.1. The molecular weight excluding hydrogens is 332 g/mol. The molecule has 5 rings (SSSR count). The Labute approximate surface area is 165 Å². The molecule has 0 radical (unpaired) electrons. The first-order valence-electron chi connectivity index (χ1n) is 12.2. The highest BCUT2D eigenvalue weighted by molar-refractivity contribution is 5.53. The van der Waals surface area contributed by atoms with E-state index in [1.54, 1.807) is 0 Å². The third kappa shape index (κ3) is 2.64. The molecular formula is C25H40O2. The van der Waals surface area contributed by atoms with Crippen LogP contribution in [0.15, 0.2) is 0 Å². The highest BCUT2D eigenvalue weighted by Gasteiger charge is 2.66. The average Bonchev–Trinajstić information content (AvgIpc) is 2.97. The molecule has 27 heavy (non-hydrogen) atoms. The standard InChI is InChI=1S/C25H40O2/c1-24-12-3-2-4-19(24)7-8-20-22(24)11-13-25-14-18(6-5-17(15-26)16-27)21(25)9-10-23(20)25/h15,17-23,27H,2-14,16H2,1H3/t17?,18-,19?,20?,21?,22?,23?,24-,25?/m0/s1. The molecule has 0 aromatic heterocycles. The van der Waals surface area contributed by atoms with Crippen LogP contribution in [0.5, 0.6) is 0 Å². The number of aliphatic hydroxyl groups excluding tert-OH is 1. The van der Waals surface area contributed by atoms with E-state index in [0.717, 1.165) is 48.2 Å². The van der Waals surface area contributed by atoms with Crippen molar-refractivity contribution in [2.45, 2.75) is 90.4 Å². The van der Waals surface area contributed by atoms with Gasteiger partial charge in [0.1, 0.15) is 6.29 Å². The molecule has 7 unspecified atom stereocenters. The summed E-state index contributed by atoms with van der Waals surface area (Å²) in [5.41, 5.74) is 1.36. The lowest BCUT2D eigenvalue weighted by molar-refractivity contribution is -0.161. The lowest BCUT2D eigenvalue weighted by atomic mass is 9.40. The van der Waals surface area contributed by atoms with Gasteiger partial charge in [0.05, 0.1) is 6.61 Å². The maximum absolute atomic E-state index is 11.1. The van der Waals surface area contributed by atoms with Gasteiger partial charge in [-0.3, -0.25) is 0 Å². The molecule has 0 heterocycles. The van der Waals surface area contributed by atoms with Crippen LogP contribution in [0, 0.1) is 52.3 Å². The Kier molecular flexibility index (Phi) is 4.73. The van der Waals surface area contributed by atoms with E-state index in [4.69, 9.17) is 0 Å². The van der Waals surface area contributed by atoms with E-state index in [9.17, 15) is 9.90 Å². The predicted molar refractivity (Wildman–Crippen MR) is 108 cm³/mol. The fourth-order valence-electron chi connectivity index (χ4n) is 9.66. The van der Waals surface area contributed by atoms with Crippen molar-refractivity contribution >= 4 is 6.29 Å². The molecule has 0 bridgehead atoms. The van der Waals surface area contributed by atoms with Crippen LogP contribution >= 0.6 is 0 Å². The van der Waals surface area contributed by atoms with Crippen molar-refractivity contribution in [3.63, 3.8) is 0 Å². The summed E-state index contributed by atoms with van der Waals surface area (Å²) >= 11 is 0. The molecule has 0 amide bonds. The minimum Gasteiger partial charge on any atom is -0.396 e. The summed E-state index contributed by atoms with van der Waals surface area (Å²) in [5, 5.41) is 9.32. The molecule has 0 saturated heterocycles. The van der Waals surface area contributed by atoms with Gasteiger partial charge >= 0.3 is 0 Å². The molecule has 0 aliphatic heterocycles. The number of aldehydes is 1. The van der Waals surface area contributed by atoms with Crippen molar-refractivity contribution < 1.29 is 9.90 Å². The lowest BCUT2D eigenvalue weighted by Crippen LogP contribution is -2.57. The van der Waals surface area contributed by atoms with Crippen molar-refractivity contribution in [3.8, 4) is 0 Å². The van der Waals surface area contributed by atoms with Crippen LogP contribution < -0.4 is 0 Å². The summed E-state index contributed by atoms with van der Waals surface area (Å²) in [6, 6.07) is 0. The van der Waals surface area contributed by atoms with E-state index >= 15 is 0 Å². The molecule has 0 aromatic carbocycles. The molecule has 2 heteroatoms. The summed E-state index contributed by atoms with van der Waals surface area (Å²) in [7, 11) is 0. The van der Waals surface area contributed by atoms with Gasteiger partial charge in [0.2, 0.25) is 0 Å². The Hall–Kier alpha value is -0.370. The van der Waals surface area contributed by atoms with E-state index in [-0.39, 0.29) is 12.5 Å². The van der Waals surface area contributed by atoms with Gasteiger partial charge < -0.3 is 9.90 Å². The van der Waals surface area contributed by atoms with Gasteiger partial charge in [0.15, 0.2) is 0 Å². The molecule has 1 N–H and O–H groups in total. The van der Waals surface area contributed by atoms with Crippen LogP contribution in [-0.4, -0.2) is 18.0 Å². The molecule has 1 spiro atoms. The third-order valence-corrected chi connectivity index (χ3v) is 10.9. The van der Waals surface area contributed by atoms with Gasteiger partial charge in [-0.15, -0.1) is 0 Å². The largest absolute Gasteiger partial charge is 0.396 e. The van der Waals surface area contributed by atoms with Crippen LogP contribution in [0.25, 0.3) is 0 Å². The number of aliphatic hydroxyl groups is 1. The Morgan fingerprint density at radius 2 is 1.85 bits per heavy atom. The zero-order chi connectivity index (χ0) is 18.6. The van der Waals surface area contributed by atoms with Crippen molar-refractivity contribution in [3.05, 3.63) is 0 Å². The number of hydrogen-bond donors (Lipinski definition) is 1. The van der Waals surface area contributed by atoms with Crippen LogP contribution in [0.2, 0.25) is 0 Å². The highest BCUT2D eigenvalue weighted by atomic mass is 16.3. The lowest BCUT2D eigenvalue weighted by Gasteiger charge is -2.65. The monoisotopic (exact) mass is 372 g/mol. The number of hydrogen-bond acceptors (Lipinski definition) is 2. The molecule has 5 fully saturated rings. The van der Waals surface area contributed by atoms with Gasteiger partial charge in [-0.05, 0) is 117 Å². The summed E-state index contributed by atoms with van der Waals surface area (Å²) in [4.78, 5) is 11.1. The maximum atomic E-state index is 11.1. The van der Waals surface area contributed by atoms with Crippen LogP contribution in [0.1, 0.15) is 90.4 Å². The number of fused-ring (bicyclic) bond motifs is 4. The van der Waals surface area contributed by atoms with E-state index in [1.807, 2.05) is 0 Å². The van der Waals surface area contributed by atoms with Gasteiger partial charge in [0.25, 0.3) is 0 Å². The quantitative estimate of drug-likeness (QED) is 0.636. The number of carbonyl (C=O) groups is 1. The van der Waals surface area contributed by atoms with Crippen molar-refractivity contribution in [2.75, 3.05) is 6.61 Å². The molecule has 5 saturated carbocycles. The first-order valence-corrected chi connectivity index (χ1v) is 12.2. The van der Waals surface area contributed by atoms with E-state index in [0.29, 0.717) is 10.8 Å². The molecule has 5 aliphatic carbocycles. The zero-order valence-corrected chi connectivity index (χ0v) is 17.4. The van der Waals surface area contributed by atoms with E-state index in [1.165, 1.54) is 77.0 Å². The summed E-state index contributed by atoms with van der Waals surface area (Å²) in [6.45, 7) is 2.73. The highest BCUT2D eigenvalue weighted by Crippen LogP contribution is 2.74. The smallest absolute Gasteiger partial charge is 0.125 e. The van der Waals surface area contributed by atoms with Crippen LogP contribution in [-0.2, 0) is 4.79 Å². The van der Waals surface area contributed by atoms with E-state index in [2.05, 4.69) is 6.92 Å². The molecule has 9 atom stereocenters. The minimum atomic E-state index is -0.115. The number of carbonyl (C=O) groups excluding carboxylic acids is 1. The topological polar surface area (TPSA) is 37.3 Å². The first kappa shape index (κ1) is 18.6. The summed E-state index contributed by atoms with van der Waals surface area (Å²) < 4.78 is 0. The zero-order valence-electron chi connectivity index (χ0n) is 17.4. The van der Waals surface area contributed by atoms with Crippen molar-refractivity contribution in [1.29, 1.82) is 0 Å². The predicted octanol–water partition coefficient (Wildman–Crippen LogP) is 5.62. The second kappa shape index (κ2) is 6.85. The van der Waals surface area contributed by atoms with E-state index < -0.39 is 0 Å². The Bertz CT molecular complexity index is 573. The normalized spacial score (nSPS) is 51.9. The Morgan fingerprint density at radius 3 is 2.67 bits per heavy atom. The fourth-order valence-corrected chi connectivity index (χ4v) is 9.66. The molecule has 152 valence electrons. The Morgan fingerprint density at radius 1 is 1.00 bits per heavy atom. The maximum Gasteiger partial charge on any atom is 0.125 e. The van der Waals surface area contributed by atoms with Gasteiger partial charge in [-0.1, -0.05) is 19.8 Å². The summed E-state index contributed by atoms with van der Waals surface area (Å²) in [5.74, 6) is 5.80. The van der Waals surface area contributed by atoms with Gasteiger partial charge in [-0.25, -0.2) is 0 Å².